The molecule has 8 heteroatoms. The van der Waals surface area contributed by atoms with E-state index >= 15 is 0 Å². The minimum Gasteiger partial charge on any atom is -0.339 e. The Kier molecular flexibility index (Phi) is 5.90. The highest BCUT2D eigenvalue weighted by Crippen LogP contribution is 2.28. The number of amides is 1. The minimum absolute atomic E-state index is 0.00216. The molecule has 0 saturated carbocycles. The van der Waals surface area contributed by atoms with Gasteiger partial charge >= 0.3 is 0 Å². The van der Waals surface area contributed by atoms with Gasteiger partial charge in [-0.05, 0) is 73.4 Å². The number of likely N-dealkylation sites (tertiary alicyclic amines) is 1. The van der Waals surface area contributed by atoms with E-state index in [4.69, 9.17) is 0 Å². The van der Waals surface area contributed by atoms with Gasteiger partial charge in [0.1, 0.15) is 0 Å². The van der Waals surface area contributed by atoms with Crippen molar-refractivity contribution >= 4 is 27.3 Å². The largest absolute Gasteiger partial charge is 0.339 e. The number of piperidine rings is 1. The maximum atomic E-state index is 13.0. The number of rotatable bonds is 4. The first-order valence-electron chi connectivity index (χ1n) is 11.2. The van der Waals surface area contributed by atoms with Gasteiger partial charge in [-0.15, -0.1) is 11.3 Å². The summed E-state index contributed by atoms with van der Waals surface area (Å²) in [5.74, 6) is 0.00216. The first-order chi connectivity index (χ1) is 15.0. The molecule has 6 nitrogen and oxygen atoms in total. The van der Waals surface area contributed by atoms with Gasteiger partial charge in [0.05, 0.1) is 4.90 Å². The molecule has 0 bridgehead atoms. The Morgan fingerprint density at radius 1 is 0.935 bits per heavy atom. The van der Waals surface area contributed by atoms with E-state index in [0.717, 1.165) is 58.3 Å². The summed E-state index contributed by atoms with van der Waals surface area (Å²) in [5, 5.41) is 2.19. The molecule has 2 saturated heterocycles. The fourth-order valence-electron chi connectivity index (χ4n) is 5.05. The van der Waals surface area contributed by atoms with Crippen LogP contribution in [0, 0.1) is 0 Å². The standard InChI is InChI=1S/C23H29N3O3S2/c27-23(18-3-5-21(6-4-18)31(28,29)26-11-1-2-12-26)24-13-7-20(8-14-24)25-15-9-22-19(17-25)10-16-30-22/h3-6,10,16,20H,1-2,7-9,11-15,17H2. The number of fused-ring (bicyclic) bond motifs is 1. The summed E-state index contributed by atoms with van der Waals surface area (Å²) in [6, 6.07) is 9.28. The molecule has 1 amide bonds. The van der Waals surface area contributed by atoms with Gasteiger partial charge in [-0.1, -0.05) is 0 Å². The molecule has 1 aromatic heterocycles. The fourth-order valence-corrected chi connectivity index (χ4v) is 7.45. The van der Waals surface area contributed by atoms with Gasteiger partial charge in [-0.25, -0.2) is 8.42 Å². The molecular weight excluding hydrogens is 430 g/mol. The van der Waals surface area contributed by atoms with E-state index in [1.54, 1.807) is 24.3 Å². The number of sulfonamides is 1. The highest BCUT2D eigenvalue weighted by atomic mass is 32.2. The molecule has 4 heterocycles. The van der Waals surface area contributed by atoms with Crippen molar-refractivity contribution < 1.29 is 13.2 Å². The van der Waals surface area contributed by atoms with Crippen LogP contribution in [0.4, 0.5) is 0 Å². The van der Waals surface area contributed by atoms with Crippen molar-refractivity contribution in [1.82, 2.24) is 14.1 Å². The molecule has 0 atom stereocenters. The van der Waals surface area contributed by atoms with E-state index in [9.17, 15) is 13.2 Å². The van der Waals surface area contributed by atoms with Crippen LogP contribution < -0.4 is 0 Å². The summed E-state index contributed by atoms with van der Waals surface area (Å²) < 4.78 is 26.9. The second-order valence-corrected chi connectivity index (χ2v) is 11.7. The smallest absolute Gasteiger partial charge is 0.253 e. The van der Waals surface area contributed by atoms with E-state index in [2.05, 4.69) is 16.3 Å². The van der Waals surface area contributed by atoms with Crippen molar-refractivity contribution in [1.29, 1.82) is 0 Å². The van der Waals surface area contributed by atoms with Crippen LogP contribution in [-0.2, 0) is 23.0 Å². The highest BCUT2D eigenvalue weighted by Gasteiger charge is 2.30. The van der Waals surface area contributed by atoms with Crippen molar-refractivity contribution in [2.45, 2.75) is 49.6 Å². The average Bonchev–Trinajstić information content (AvgIpc) is 3.51. The van der Waals surface area contributed by atoms with Crippen LogP contribution in [0.2, 0.25) is 0 Å². The quantitative estimate of drug-likeness (QED) is 0.705. The third-order valence-corrected chi connectivity index (χ3v) is 9.85. The molecular formula is C23H29N3O3S2. The lowest BCUT2D eigenvalue weighted by Crippen LogP contribution is -2.47. The Morgan fingerprint density at radius 2 is 1.65 bits per heavy atom. The first-order valence-corrected chi connectivity index (χ1v) is 13.5. The van der Waals surface area contributed by atoms with Crippen molar-refractivity contribution in [3.05, 3.63) is 51.7 Å². The summed E-state index contributed by atoms with van der Waals surface area (Å²) in [5.41, 5.74) is 2.04. The first kappa shape index (κ1) is 21.1. The number of carbonyl (C=O) groups excluding carboxylic acids is 1. The minimum atomic E-state index is -3.44. The molecule has 166 valence electrons. The molecule has 0 unspecified atom stereocenters. The molecule has 3 aliphatic heterocycles. The predicted molar refractivity (Wildman–Crippen MR) is 122 cm³/mol. The molecule has 0 spiro atoms. The summed E-state index contributed by atoms with van der Waals surface area (Å²) in [7, 11) is -3.44. The van der Waals surface area contributed by atoms with Gasteiger partial charge in [-0.3, -0.25) is 9.69 Å². The van der Waals surface area contributed by atoms with E-state index < -0.39 is 10.0 Å². The van der Waals surface area contributed by atoms with Crippen molar-refractivity contribution in [3.8, 4) is 0 Å². The zero-order valence-corrected chi connectivity index (χ0v) is 19.3. The Hall–Kier alpha value is -1.74. The van der Waals surface area contributed by atoms with Gasteiger partial charge in [-0.2, -0.15) is 4.31 Å². The summed E-state index contributed by atoms with van der Waals surface area (Å²) in [4.78, 5) is 19.3. The lowest BCUT2D eigenvalue weighted by atomic mass is 9.99. The zero-order valence-electron chi connectivity index (χ0n) is 17.7. The maximum absolute atomic E-state index is 13.0. The number of thiophene rings is 1. The number of carbonyl (C=O) groups is 1. The van der Waals surface area contributed by atoms with Crippen LogP contribution in [0.3, 0.4) is 0 Å². The number of nitrogens with zero attached hydrogens (tertiary/aromatic N) is 3. The van der Waals surface area contributed by atoms with Crippen molar-refractivity contribution in [2.75, 3.05) is 32.7 Å². The van der Waals surface area contributed by atoms with E-state index in [0.29, 0.717) is 24.7 Å². The third-order valence-electron chi connectivity index (χ3n) is 6.91. The second-order valence-electron chi connectivity index (χ2n) is 8.75. The number of benzene rings is 1. The van der Waals surface area contributed by atoms with Gasteiger partial charge in [0, 0.05) is 55.8 Å². The van der Waals surface area contributed by atoms with E-state index in [1.165, 1.54) is 14.7 Å². The number of hydrogen-bond acceptors (Lipinski definition) is 5. The monoisotopic (exact) mass is 459 g/mol. The van der Waals surface area contributed by atoms with Crippen LogP contribution in [0.5, 0.6) is 0 Å². The molecule has 0 aliphatic carbocycles. The summed E-state index contributed by atoms with van der Waals surface area (Å²) >= 11 is 1.87. The molecule has 0 N–H and O–H groups in total. The van der Waals surface area contributed by atoms with Crippen molar-refractivity contribution in [2.24, 2.45) is 0 Å². The molecule has 3 aliphatic rings. The SMILES string of the molecule is O=C(c1ccc(S(=O)(=O)N2CCCC2)cc1)N1CCC(N2CCc3sccc3C2)CC1. The van der Waals surface area contributed by atoms with Crippen LogP contribution in [-0.4, -0.2) is 67.2 Å². The summed E-state index contributed by atoms with van der Waals surface area (Å²) in [6.45, 7) is 4.82. The Bertz CT molecular complexity index is 1030. The second kappa shape index (κ2) is 8.65. The molecule has 1 aromatic carbocycles. The fraction of sp³-hybridized carbons (Fsp3) is 0.522. The summed E-state index contributed by atoms with van der Waals surface area (Å²) in [6.07, 6.45) is 4.95. The average molecular weight is 460 g/mol. The van der Waals surface area contributed by atoms with Crippen LogP contribution in [0.1, 0.15) is 46.5 Å². The van der Waals surface area contributed by atoms with Crippen LogP contribution >= 0.6 is 11.3 Å². The molecule has 5 rings (SSSR count). The van der Waals surface area contributed by atoms with Gasteiger partial charge in [0.15, 0.2) is 0 Å². The zero-order chi connectivity index (χ0) is 21.4. The lowest BCUT2D eigenvalue weighted by molar-refractivity contribution is 0.0600. The maximum Gasteiger partial charge on any atom is 0.253 e. The molecule has 31 heavy (non-hydrogen) atoms. The van der Waals surface area contributed by atoms with E-state index in [-0.39, 0.29) is 10.8 Å². The Morgan fingerprint density at radius 3 is 2.35 bits per heavy atom. The Labute approximate surface area is 188 Å². The van der Waals surface area contributed by atoms with Crippen LogP contribution in [0.15, 0.2) is 40.6 Å². The van der Waals surface area contributed by atoms with Crippen LogP contribution in [0.25, 0.3) is 0 Å². The van der Waals surface area contributed by atoms with Crippen molar-refractivity contribution in [3.63, 3.8) is 0 Å². The predicted octanol–water partition coefficient (Wildman–Crippen LogP) is 3.20. The topological polar surface area (TPSA) is 60.9 Å². The Balaban J connectivity index is 1.19. The molecule has 2 aromatic rings. The molecule has 0 radical (unpaired) electrons. The van der Waals surface area contributed by atoms with E-state index in [1.807, 2.05) is 16.2 Å². The normalized spacial score (nSPS) is 21.4. The highest BCUT2D eigenvalue weighted by molar-refractivity contribution is 7.89. The van der Waals surface area contributed by atoms with Gasteiger partial charge in [0.25, 0.3) is 5.91 Å². The third kappa shape index (κ3) is 4.18. The number of hydrogen-bond donors (Lipinski definition) is 0. The van der Waals surface area contributed by atoms with Gasteiger partial charge < -0.3 is 4.90 Å². The lowest BCUT2D eigenvalue weighted by Gasteiger charge is -2.40. The molecule has 2 fully saturated rings. The van der Waals surface area contributed by atoms with Gasteiger partial charge in [0.2, 0.25) is 10.0 Å².